The van der Waals surface area contributed by atoms with Gasteiger partial charge in [-0.2, -0.15) is 0 Å². The van der Waals surface area contributed by atoms with Crippen LogP contribution in [-0.4, -0.2) is 19.1 Å². The van der Waals surface area contributed by atoms with E-state index in [9.17, 15) is 9.18 Å². The lowest BCUT2D eigenvalue weighted by atomic mass is 10.1. The van der Waals surface area contributed by atoms with E-state index < -0.39 is 5.83 Å². The number of ether oxygens (including phenoxy) is 1. The van der Waals surface area contributed by atoms with Crippen LogP contribution in [0.3, 0.4) is 0 Å². The highest BCUT2D eigenvalue weighted by atomic mass is 35.5. The molecular formula is C19H22ClFN2O2. The second-order valence-electron chi connectivity index (χ2n) is 5.31. The van der Waals surface area contributed by atoms with Crippen LogP contribution in [0.1, 0.15) is 28.9 Å². The predicted molar refractivity (Wildman–Crippen MR) is 99.8 cm³/mol. The molecule has 0 saturated carbocycles. The van der Waals surface area contributed by atoms with Gasteiger partial charge in [-0.05, 0) is 42.8 Å². The minimum atomic E-state index is -0.420. The Kier molecular flexibility index (Phi) is 8.67. The largest absolute Gasteiger partial charge is 0.487 e. The summed E-state index contributed by atoms with van der Waals surface area (Å²) in [5.74, 6) is -0.105. The fourth-order valence-corrected chi connectivity index (χ4v) is 2.15. The molecule has 0 aromatic heterocycles. The van der Waals surface area contributed by atoms with Crippen molar-refractivity contribution in [2.75, 3.05) is 13.2 Å². The van der Waals surface area contributed by atoms with Gasteiger partial charge in [0.25, 0.3) is 5.91 Å². The Bertz CT molecular complexity index is 690. The van der Waals surface area contributed by atoms with Gasteiger partial charge >= 0.3 is 0 Å². The van der Waals surface area contributed by atoms with Gasteiger partial charge in [0.2, 0.25) is 0 Å². The van der Waals surface area contributed by atoms with Crippen LogP contribution < -0.4 is 15.8 Å². The predicted octanol–water partition coefficient (Wildman–Crippen LogP) is 3.79. The molecule has 4 nitrogen and oxygen atoms in total. The summed E-state index contributed by atoms with van der Waals surface area (Å²) < 4.78 is 18.5. The number of hydrogen-bond acceptors (Lipinski definition) is 3. The third-order valence-corrected chi connectivity index (χ3v) is 3.48. The lowest BCUT2D eigenvalue weighted by Gasteiger charge is -2.14. The monoisotopic (exact) mass is 364 g/mol. The fourth-order valence-electron chi connectivity index (χ4n) is 2.15. The molecule has 0 aliphatic rings. The molecule has 1 atom stereocenters. The van der Waals surface area contributed by atoms with Crippen LogP contribution in [0.4, 0.5) is 4.39 Å². The van der Waals surface area contributed by atoms with Gasteiger partial charge in [-0.15, -0.1) is 12.4 Å². The topological polar surface area (TPSA) is 64.3 Å². The van der Waals surface area contributed by atoms with Gasteiger partial charge in [-0.25, -0.2) is 4.39 Å². The Balaban J connectivity index is 0.00000312. The highest BCUT2D eigenvalue weighted by Gasteiger charge is 2.11. The average molecular weight is 365 g/mol. The molecule has 0 fully saturated rings. The lowest BCUT2D eigenvalue weighted by molar-refractivity contribution is 0.0940. The van der Waals surface area contributed by atoms with Gasteiger partial charge in [0.05, 0.1) is 6.04 Å². The zero-order valence-corrected chi connectivity index (χ0v) is 14.8. The third-order valence-electron chi connectivity index (χ3n) is 3.48. The molecule has 2 rings (SSSR count). The molecule has 1 amide bonds. The number of benzene rings is 2. The standard InChI is InChI=1S/C19H21FN2O2.ClH/c1-14(15-5-3-2-4-6-15)22-19(23)16-7-9-18(10-8-16)24-13-17(20)11-12-21;/h2-11,14H,12-13,21H2,1H3,(H,22,23);1H/b17-11-;. The Morgan fingerprint density at radius 1 is 1.20 bits per heavy atom. The van der Waals surface area contributed by atoms with E-state index in [2.05, 4.69) is 5.32 Å². The summed E-state index contributed by atoms with van der Waals surface area (Å²) in [6, 6.07) is 16.2. The lowest BCUT2D eigenvalue weighted by Crippen LogP contribution is -2.26. The van der Waals surface area contributed by atoms with Gasteiger partial charge in [-0.1, -0.05) is 30.3 Å². The van der Waals surface area contributed by atoms with E-state index in [1.54, 1.807) is 24.3 Å². The molecule has 0 saturated heterocycles. The molecule has 0 spiro atoms. The summed E-state index contributed by atoms with van der Waals surface area (Å²) in [4.78, 5) is 12.3. The summed E-state index contributed by atoms with van der Waals surface area (Å²) in [6.07, 6.45) is 1.26. The van der Waals surface area contributed by atoms with Crippen LogP contribution in [-0.2, 0) is 0 Å². The van der Waals surface area contributed by atoms with Crippen molar-refractivity contribution in [3.05, 3.63) is 77.6 Å². The SMILES string of the molecule is CC(NC(=O)c1ccc(OC/C(F)=C/CN)cc1)c1ccccc1.Cl. The van der Waals surface area contributed by atoms with Crippen LogP contribution in [0, 0.1) is 0 Å². The van der Waals surface area contributed by atoms with Crippen LogP contribution in [0.5, 0.6) is 5.75 Å². The Labute approximate surface area is 153 Å². The first kappa shape index (κ1) is 20.7. The third kappa shape index (κ3) is 6.57. The Morgan fingerprint density at radius 2 is 1.84 bits per heavy atom. The van der Waals surface area contributed by atoms with Crippen molar-refractivity contribution < 1.29 is 13.9 Å². The van der Waals surface area contributed by atoms with Crippen molar-refractivity contribution in [2.24, 2.45) is 5.73 Å². The number of hydrogen-bond donors (Lipinski definition) is 2. The molecule has 0 aliphatic heterocycles. The normalized spacial score (nSPS) is 12.0. The van der Waals surface area contributed by atoms with Crippen LogP contribution in [0.25, 0.3) is 0 Å². The minimum absolute atomic E-state index is 0. The van der Waals surface area contributed by atoms with Crippen molar-refractivity contribution in [3.63, 3.8) is 0 Å². The maximum atomic E-state index is 13.2. The van der Waals surface area contributed by atoms with Gasteiger partial charge in [-0.3, -0.25) is 4.79 Å². The van der Waals surface area contributed by atoms with Crippen molar-refractivity contribution in [2.45, 2.75) is 13.0 Å². The Morgan fingerprint density at radius 3 is 2.44 bits per heavy atom. The quantitative estimate of drug-likeness (QED) is 0.785. The number of nitrogens with one attached hydrogen (secondary N) is 1. The highest BCUT2D eigenvalue weighted by Crippen LogP contribution is 2.16. The van der Waals surface area contributed by atoms with Crippen LogP contribution in [0.15, 0.2) is 66.5 Å². The molecule has 0 radical (unpaired) electrons. The van der Waals surface area contributed by atoms with E-state index >= 15 is 0 Å². The van der Waals surface area contributed by atoms with Gasteiger partial charge < -0.3 is 15.8 Å². The summed E-state index contributed by atoms with van der Waals surface area (Å²) in [6.45, 7) is 1.89. The van der Waals surface area contributed by atoms with Crippen molar-refractivity contribution in [1.29, 1.82) is 0 Å². The van der Waals surface area contributed by atoms with Crippen LogP contribution >= 0.6 is 12.4 Å². The first-order valence-corrected chi connectivity index (χ1v) is 7.73. The average Bonchev–Trinajstić information content (AvgIpc) is 2.61. The zero-order chi connectivity index (χ0) is 17.4. The second-order valence-corrected chi connectivity index (χ2v) is 5.31. The molecular weight excluding hydrogens is 343 g/mol. The van der Waals surface area contributed by atoms with Crippen molar-refractivity contribution >= 4 is 18.3 Å². The molecule has 0 bridgehead atoms. The van der Waals surface area contributed by atoms with E-state index in [0.717, 1.165) is 5.56 Å². The fraction of sp³-hybridized carbons (Fsp3) is 0.211. The van der Waals surface area contributed by atoms with Gasteiger partial charge in [0.1, 0.15) is 18.2 Å². The number of halogens is 2. The maximum absolute atomic E-state index is 13.2. The molecule has 0 heterocycles. The second kappa shape index (κ2) is 10.5. The molecule has 134 valence electrons. The van der Waals surface area contributed by atoms with E-state index in [0.29, 0.717) is 11.3 Å². The molecule has 2 aromatic carbocycles. The number of rotatable bonds is 7. The number of amides is 1. The minimum Gasteiger partial charge on any atom is -0.487 e. The van der Waals surface area contributed by atoms with Crippen molar-refractivity contribution in [3.8, 4) is 5.75 Å². The van der Waals surface area contributed by atoms with E-state index in [-0.39, 0.29) is 37.5 Å². The molecule has 1 unspecified atom stereocenters. The first-order chi connectivity index (χ1) is 11.6. The van der Waals surface area contributed by atoms with Crippen molar-refractivity contribution in [1.82, 2.24) is 5.32 Å². The van der Waals surface area contributed by atoms with Gasteiger partial charge in [0.15, 0.2) is 0 Å². The number of carbonyl (C=O) groups excluding carboxylic acids is 1. The molecule has 6 heteroatoms. The number of carbonyl (C=O) groups is 1. The molecule has 3 N–H and O–H groups in total. The summed E-state index contributed by atoms with van der Waals surface area (Å²) in [5, 5.41) is 2.94. The highest BCUT2D eigenvalue weighted by molar-refractivity contribution is 5.94. The molecule has 25 heavy (non-hydrogen) atoms. The van der Waals surface area contributed by atoms with E-state index in [4.69, 9.17) is 10.5 Å². The van der Waals surface area contributed by atoms with Crippen LogP contribution in [0.2, 0.25) is 0 Å². The molecule has 0 aliphatic carbocycles. The van der Waals surface area contributed by atoms with E-state index in [1.165, 1.54) is 6.08 Å². The number of nitrogens with two attached hydrogens (primary N) is 1. The smallest absolute Gasteiger partial charge is 0.251 e. The summed E-state index contributed by atoms with van der Waals surface area (Å²) in [5.41, 5.74) is 6.77. The van der Waals surface area contributed by atoms with Gasteiger partial charge in [0, 0.05) is 12.1 Å². The first-order valence-electron chi connectivity index (χ1n) is 7.73. The van der Waals surface area contributed by atoms with E-state index in [1.807, 2.05) is 37.3 Å². The summed E-state index contributed by atoms with van der Waals surface area (Å²) >= 11 is 0. The maximum Gasteiger partial charge on any atom is 0.251 e. The molecule has 2 aromatic rings. The Hall–Kier alpha value is -2.37. The summed E-state index contributed by atoms with van der Waals surface area (Å²) in [7, 11) is 0. The zero-order valence-electron chi connectivity index (χ0n) is 13.9.